The third-order valence-electron chi connectivity index (χ3n) is 12.1. The summed E-state index contributed by atoms with van der Waals surface area (Å²) in [5.41, 5.74) is 0.269. The van der Waals surface area contributed by atoms with Gasteiger partial charge in [0.05, 0.1) is 13.2 Å². The lowest BCUT2D eigenvalue weighted by molar-refractivity contribution is -0.435. The van der Waals surface area contributed by atoms with Gasteiger partial charge in [0.2, 0.25) is 6.29 Å². The molecule has 17 heteroatoms. The van der Waals surface area contributed by atoms with Gasteiger partial charge in [0.1, 0.15) is 36.6 Å². The zero-order valence-electron chi connectivity index (χ0n) is 39.2. The molecule has 2 saturated heterocycles. The second-order valence-electron chi connectivity index (χ2n) is 18.3. The van der Waals surface area contributed by atoms with Gasteiger partial charge < -0.3 is 49.2 Å². The van der Waals surface area contributed by atoms with Crippen molar-refractivity contribution in [2.45, 2.75) is 232 Å². The normalized spacial score (nSPS) is 28.6. The number of carbonyl (C=O) groups excluding carboxylic acids is 2. The van der Waals surface area contributed by atoms with Crippen LogP contribution in [0.3, 0.4) is 0 Å². The first-order valence-corrected chi connectivity index (χ1v) is 24.5. The Kier molecular flexibility index (Phi) is 30.3. The van der Waals surface area contributed by atoms with Crippen molar-refractivity contribution >= 4 is 24.3 Å². The molecule has 0 saturated carbocycles. The number of hydrogen-bond acceptors (Lipinski definition) is 17. The van der Waals surface area contributed by atoms with Crippen LogP contribution in [0.4, 0.5) is 0 Å². The molecule has 0 bridgehead atoms. The second kappa shape index (κ2) is 33.1. The molecule has 0 aliphatic carbocycles. The van der Waals surface area contributed by atoms with Crippen LogP contribution in [-0.4, -0.2) is 117 Å². The molecule has 2 fully saturated rings. The Morgan fingerprint density at radius 1 is 0.651 bits per heavy atom. The van der Waals surface area contributed by atoms with Gasteiger partial charge in [-0.15, -0.1) is 4.33 Å². The van der Waals surface area contributed by atoms with E-state index in [2.05, 4.69) is 44.0 Å². The summed E-state index contributed by atoms with van der Waals surface area (Å²) in [6.45, 7) is 13.3. The van der Waals surface area contributed by atoms with Crippen molar-refractivity contribution in [3.63, 3.8) is 0 Å². The molecular formula is C46H84O16S. The van der Waals surface area contributed by atoms with E-state index in [0.29, 0.717) is 24.2 Å². The fourth-order valence-electron chi connectivity index (χ4n) is 8.98. The first-order chi connectivity index (χ1) is 30.2. The highest BCUT2D eigenvalue weighted by Gasteiger charge is 2.54. The SMILES string of the molecule is CCCCCCCCCCCCCCCC(=O)OC1C(OC2OC(CO)C(O)C(OSOOO)C2O)OC(CO)C(O)C1OC(=O)/C(C)=C/[C@@H](C)C[C@@H](C)C[C@@H](C)C[C@@H](C)CCC. The summed E-state index contributed by atoms with van der Waals surface area (Å²) in [4.78, 5) is 27.2. The van der Waals surface area contributed by atoms with Gasteiger partial charge in [0, 0.05) is 12.0 Å². The quantitative estimate of drug-likeness (QED) is 0.00909. The Balaban J connectivity index is 2.21. The molecule has 370 valence electrons. The summed E-state index contributed by atoms with van der Waals surface area (Å²) < 4.78 is 38.7. The summed E-state index contributed by atoms with van der Waals surface area (Å²) in [6, 6.07) is 0. The van der Waals surface area contributed by atoms with E-state index in [1.807, 2.05) is 13.0 Å². The molecule has 63 heavy (non-hydrogen) atoms. The molecule has 0 aromatic rings. The van der Waals surface area contributed by atoms with Crippen LogP contribution >= 0.6 is 12.3 Å². The van der Waals surface area contributed by atoms with Gasteiger partial charge in [-0.1, -0.05) is 143 Å². The minimum Gasteiger partial charge on any atom is -0.453 e. The van der Waals surface area contributed by atoms with Crippen molar-refractivity contribution < 1.29 is 77.6 Å². The third-order valence-corrected chi connectivity index (χ3v) is 12.5. The van der Waals surface area contributed by atoms with Crippen molar-refractivity contribution in [2.75, 3.05) is 13.2 Å². The van der Waals surface area contributed by atoms with Gasteiger partial charge >= 0.3 is 11.9 Å². The molecular weight excluding hydrogens is 841 g/mol. The van der Waals surface area contributed by atoms with E-state index in [-0.39, 0.29) is 30.2 Å². The predicted octanol–water partition coefficient (Wildman–Crippen LogP) is 7.66. The molecule has 0 spiro atoms. The summed E-state index contributed by atoms with van der Waals surface area (Å²) in [7, 11) is 0. The average molecular weight is 925 g/mol. The van der Waals surface area contributed by atoms with Crippen LogP contribution in [0.15, 0.2) is 11.6 Å². The van der Waals surface area contributed by atoms with Crippen LogP contribution in [-0.2, 0) is 46.8 Å². The molecule has 2 aliphatic rings. The van der Waals surface area contributed by atoms with Crippen molar-refractivity contribution in [1.29, 1.82) is 0 Å². The van der Waals surface area contributed by atoms with E-state index in [0.717, 1.165) is 38.5 Å². The lowest BCUT2D eigenvalue weighted by Crippen LogP contribution is -2.65. The van der Waals surface area contributed by atoms with Crippen molar-refractivity contribution in [3.8, 4) is 0 Å². The maximum atomic E-state index is 13.7. The van der Waals surface area contributed by atoms with Crippen LogP contribution in [0.5, 0.6) is 0 Å². The lowest BCUT2D eigenvalue weighted by Gasteiger charge is -2.46. The number of carbonyl (C=O) groups is 2. The molecule has 2 rings (SSSR count). The zero-order chi connectivity index (χ0) is 46.7. The Morgan fingerprint density at radius 3 is 1.73 bits per heavy atom. The van der Waals surface area contributed by atoms with E-state index in [1.54, 1.807) is 6.92 Å². The van der Waals surface area contributed by atoms with Crippen molar-refractivity contribution in [1.82, 2.24) is 0 Å². The monoisotopic (exact) mass is 925 g/mol. The highest BCUT2D eigenvalue weighted by molar-refractivity contribution is 7.89. The zero-order valence-corrected chi connectivity index (χ0v) is 40.0. The predicted molar refractivity (Wildman–Crippen MR) is 237 cm³/mol. The molecule has 0 aromatic heterocycles. The van der Waals surface area contributed by atoms with E-state index in [9.17, 15) is 35.1 Å². The van der Waals surface area contributed by atoms with Gasteiger partial charge in [-0.3, -0.25) is 8.98 Å². The second-order valence-corrected chi connectivity index (χ2v) is 18.8. The highest BCUT2D eigenvalue weighted by atomic mass is 32.2. The molecule has 0 amide bonds. The van der Waals surface area contributed by atoms with Crippen LogP contribution < -0.4 is 0 Å². The van der Waals surface area contributed by atoms with E-state index in [1.165, 1.54) is 70.6 Å². The fourth-order valence-corrected chi connectivity index (χ4v) is 9.36. The Bertz CT molecular complexity index is 1240. The summed E-state index contributed by atoms with van der Waals surface area (Å²) in [5.74, 6) is 0.204. The van der Waals surface area contributed by atoms with Gasteiger partial charge in [-0.05, 0) is 56.3 Å². The molecule has 14 atom stereocenters. The molecule has 0 radical (unpaired) electrons. The van der Waals surface area contributed by atoms with Gasteiger partial charge in [0.25, 0.3) is 0 Å². The first kappa shape index (κ1) is 57.7. The number of aliphatic hydroxyl groups excluding tert-OH is 5. The maximum Gasteiger partial charge on any atom is 0.333 e. The van der Waals surface area contributed by atoms with Gasteiger partial charge in [-0.2, -0.15) is 0 Å². The summed E-state index contributed by atoms with van der Waals surface area (Å²) in [5, 5.41) is 65.5. The third kappa shape index (κ3) is 21.8. The number of ether oxygens (including phenoxy) is 5. The molecule has 2 aliphatic heterocycles. The number of allylic oxidation sites excluding steroid dienone is 1. The molecule has 16 nitrogen and oxygen atoms in total. The number of unbranched alkanes of at least 4 members (excludes halogenated alkanes) is 12. The Morgan fingerprint density at radius 2 is 1.17 bits per heavy atom. The van der Waals surface area contributed by atoms with Crippen LogP contribution in [0.2, 0.25) is 0 Å². The van der Waals surface area contributed by atoms with Crippen molar-refractivity contribution in [3.05, 3.63) is 11.6 Å². The Hall–Kier alpha value is -1.45. The maximum absolute atomic E-state index is 13.7. The lowest BCUT2D eigenvalue weighted by atomic mass is 9.84. The molecule has 2 heterocycles. The largest absolute Gasteiger partial charge is 0.453 e. The first-order valence-electron chi connectivity index (χ1n) is 23.8. The van der Waals surface area contributed by atoms with E-state index in [4.69, 9.17) is 33.1 Å². The number of hydrogen-bond donors (Lipinski definition) is 6. The number of esters is 2. The molecule has 10 unspecified atom stereocenters. The van der Waals surface area contributed by atoms with Gasteiger partial charge in [-0.25, -0.2) is 10.1 Å². The van der Waals surface area contributed by atoms with Gasteiger partial charge in [0.15, 0.2) is 30.8 Å². The molecule has 6 N–H and O–H groups in total. The molecule has 0 aromatic carbocycles. The van der Waals surface area contributed by atoms with Crippen LogP contribution in [0.1, 0.15) is 170 Å². The van der Waals surface area contributed by atoms with E-state index < -0.39 is 86.6 Å². The minimum absolute atomic E-state index is 0.00727. The standard InChI is InChI=1S/C46H84O16S/c1-8-10-11-12-13-14-15-16-17-18-19-20-21-23-37(49)57-43-42(58-44(53)34(7)27-33(6)26-32(5)25-31(4)24-30(3)22-9-2)39(51)36(29-48)56-46(43)59-45-40(52)41(60-63-62-61-54)38(50)35(28-47)55-45/h27,30-33,35-36,38-43,45-48,50-52,54H,8-26,28-29H2,1-7H3/b34-27+/t30-,31-,32-,33-,35?,36?,38?,39?,40?,41?,42?,43?,45?,46?/m0/s1. The fraction of sp³-hybridized carbons (Fsp3) is 0.913. The highest BCUT2D eigenvalue weighted by Crippen LogP contribution is 2.34. The minimum atomic E-state index is -1.82. The van der Waals surface area contributed by atoms with Crippen LogP contribution in [0.25, 0.3) is 0 Å². The van der Waals surface area contributed by atoms with E-state index >= 15 is 0 Å². The summed E-state index contributed by atoms with van der Waals surface area (Å²) >= 11 is 0.0686. The van der Waals surface area contributed by atoms with Crippen LogP contribution in [0, 0.1) is 23.7 Å². The summed E-state index contributed by atoms with van der Waals surface area (Å²) in [6.07, 6.45) is 5.71. The number of rotatable bonds is 34. The van der Waals surface area contributed by atoms with Crippen molar-refractivity contribution in [2.24, 2.45) is 23.7 Å². The smallest absolute Gasteiger partial charge is 0.333 e. The average Bonchev–Trinajstić information content (AvgIpc) is 3.23. The Labute approximate surface area is 381 Å². The topological polar surface area (TPSA) is 229 Å². The number of aliphatic hydroxyl groups is 5.